The van der Waals surface area contributed by atoms with E-state index >= 15 is 0 Å². The molecule has 0 nitrogen and oxygen atoms in total. The number of hydrogen-bond donors (Lipinski definition) is 0. The van der Waals surface area contributed by atoms with Gasteiger partial charge in [0.1, 0.15) is 0 Å². The smallest absolute Gasteiger partial charge is 0.00342 e. The summed E-state index contributed by atoms with van der Waals surface area (Å²) in [5.41, 5.74) is 0. The molecule has 0 unspecified atom stereocenters. The summed E-state index contributed by atoms with van der Waals surface area (Å²) in [5, 5.41) is 1.10. The molecule has 0 bridgehead atoms. The lowest BCUT2D eigenvalue weighted by molar-refractivity contribution is 0.728. The molecule has 0 heterocycles. The van der Waals surface area contributed by atoms with Crippen LogP contribution in [0, 0.1) is 0 Å². The second-order valence-corrected chi connectivity index (χ2v) is 5.71. The van der Waals surface area contributed by atoms with E-state index in [-0.39, 0.29) is 0 Å². The van der Waals surface area contributed by atoms with E-state index in [1.54, 1.807) is 0 Å². The average molecular weight is 339 g/mol. The fourth-order valence-electron chi connectivity index (χ4n) is 1.76. The molecule has 0 radical (unpaired) electrons. The highest BCUT2D eigenvalue weighted by Gasteiger charge is 1.81. The maximum Gasteiger partial charge on any atom is 0.00342 e. The van der Waals surface area contributed by atoms with Gasteiger partial charge in [-0.05, 0) is 44.9 Å². The maximum atomic E-state index is 3.43. The molecule has 0 amide bonds. The highest BCUT2D eigenvalue weighted by Crippen LogP contribution is 2.01. The molecule has 0 spiro atoms. The van der Waals surface area contributed by atoms with Gasteiger partial charge in [0.05, 0.1) is 0 Å². The largest absolute Gasteiger partial charge is 0.0928 e. The second kappa shape index (κ2) is 18.4. The van der Waals surface area contributed by atoms with Crippen molar-refractivity contribution in [2.75, 3.05) is 5.33 Å². The fourth-order valence-corrected chi connectivity index (χ4v) is 2.08. The van der Waals surface area contributed by atoms with Crippen LogP contribution in [0.1, 0.15) is 64.7 Å². The summed E-state index contributed by atoms with van der Waals surface area (Å²) in [4.78, 5) is 0. The number of hydrogen-bond acceptors (Lipinski definition) is 0. The Morgan fingerprint density at radius 3 is 1.50 bits per heavy atom. The zero-order valence-electron chi connectivity index (χ0n) is 13.1. The van der Waals surface area contributed by atoms with Gasteiger partial charge in [-0.3, -0.25) is 0 Å². The van der Waals surface area contributed by atoms with E-state index in [0.717, 1.165) is 24.6 Å². The minimum absolute atomic E-state index is 1.05. The Kier molecular flexibility index (Phi) is 17.9. The molecule has 0 aromatic heterocycles. The first-order valence-corrected chi connectivity index (χ1v) is 9.20. The third kappa shape index (κ3) is 17.4. The highest BCUT2D eigenvalue weighted by atomic mass is 79.9. The minimum atomic E-state index is 1.05. The van der Waals surface area contributed by atoms with Crippen LogP contribution in [-0.4, -0.2) is 5.33 Å². The molecule has 0 aliphatic rings. The Labute approximate surface area is 134 Å². The van der Waals surface area contributed by atoms with Crippen LogP contribution in [-0.2, 0) is 0 Å². The van der Waals surface area contributed by atoms with Crippen molar-refractivity contribution in [1.82, 2.24) is 0 Å². The molecule has 0 aromatic carbocycles. The summed E-state index contributed by atoms with van der Waals surface area (Å²) in [6.07, 6.45) is 29.0. The quantitative estimate of drug-likeness (QED) is 0.190. The zero-order valence-corrected chi connectivity index (χ0v) is 14.7. The molecule has 0 rings (SSSR count). The van der Waals surface area contributed by atoms with E-state index in [2.05, 4.69) is 71.5 Å². The number of alkyl halides is 1. The van der Waals surface area contributed by atoms with E-state index in [1.165, 1.54) is 38.5 Å². The predicted molar refractivity (Wildman–Crippen MR) is 97.6 cm³/mol. The summed E-state index contributed by atoms with van der Waals surface area (Å²) in [5.74, 6) is 0. The van der Waals surface area contributed by atoms with Crippen molar-refractivity contribution >= 4 is 15.9 Å². The highest BCUT2D eigenvalue weighted by molar-refractivity contribution is 9.09. The number of halogens is 1. The van der Waals surface area contributed by atoms with E-state index in [4.69, 9.17) is 0 Å². The number of allylic oxidation sites excluding steroid dienone is 8. The second-order valence-electron chi connectivity index (χ2n) is 4.92. The lowest BCUT2D eigenvalue weighted by Gasteiger charge is -1.90. The van der Waals surface area contributed by atoms with Gasteiger partial charge in [-0.15, -0.1) is 0 Å². The molecule has 0 N–H and O–H groups in total. The lowest BCUT2D eigenvalue weighted by atomic mass is 10.2. The Balaban J connectivity index is 3.36. The van der Waals surface area contributed by atoms with Gasteiger partial charge in [-0.2, -0.15) is 0 Å². The summed E-state index contributed by atoms with van der Waals surface area (Å²) in [6.45, 7) is 2.25. The monoisotopic (exact) mass is 338 g/mol. The predicted octanol–water partition coefficient (Wildman–Crippen LogP) is 7.14. The molecule has 114 valence electrons. The summed E-state index contributed by atoms with van der Waals surface area (Å²) in [7, 11) is 0. The molecular weight excluding hydrogens is 308 g/mol. The standard InChI is InChI=1S/C19H31Br/c1-2-3-4-5-6-7-8-9-10-11-12-13-14-15-16-17-18-19-20/h6-7,9-10,12-13,15-16H,2-5,8,11,14,17-19H2,1H3/b7-6+,10-9+,13-12+,16-15-. The molecule has 0 fully saturated rings. The first kappa shape index (κ1) is 19.4. The summed E-state index contributed by atoms with van der Waals surface area (Å²) >= 11 is 3.43. The molecular formula is C19H31Br. The van der Waals surface area contributed by atoms with Gasteiger partial charge >= 0.3 is 0 Å². The third-order valence-electron chi connectivity index (χ3n) is 2.96. The molecule has 0 aliphatic heterocycles. The summed E-state index contributed by atoms with van der Waals surface area (Å²) < 4.78 is 0. The molecule has 0 aliphatic carbocycles. The van der Waals surface area contributed by atoms with Crippen LogP contribution in [0.15, 0.2) is 48.6 Å². The average Bonchev–Trinajstić information content (AvgIpc) is 2.47. The first-order chi connectivity index (χ1) is 9.91. The van der Waals surface area contributed by atoms with E-state index in [0.29, 0.717) is 0 Å². The fraction of sp³-hybridized carbons (Fsp3) is 0.579. The van der Waals surface area contributed by atoms with E-state index < -0.39 is 0 Å². The topological polar surface area (TPSA) is 0 Å². The van der Waals surface area contributed by atoms with Crippen molar-refractivity contribution in [3.63, 3.8) is 0 Å². The molecule has 1 heteroatoms. The Morgan fingerprint density at radius 2 is 1.05 bits per heavy atom. The van der Waals surface area contributed by atoms with Gasteiger partial charge in [0.2, 0.25) is 0 Å². The van der Waals surface area contributed by atoms with E-state index in [9.17, 15) is 0 Å². The van der Waals surface area contributed by atoms with Gasteiger partial charge < -0.3 is 0 Å². The molecule has 0 saturated carbocycles. The molecule has 0 atom stereocenters. The first-order valence-electron chi connectivity index (χ1n) is 8.07. The minimum Gasteiger partial charge on any atom is -0.0928 e. The van der Waals surface area contributed by atoms with Crippen molar-refractivity contribution in [3.05, 3.63) is 48.6 Å². The molecule has 0 saturated heterocycles. The van der Waals surface area contributed by atoms with Gasteiger partial charge in [0.25, 0.3) is 0 Å². The van der Waals surface area contributed by atoms with Crippen LogP contribution in [0.5, 0.6) is 0 Å². The van der Waals surface area contributed by atoms with Crippen molar-refractivity contribution in [3.8, 4) is 0 Å². The van der Waals surface area contributed by atoms with Gasteiger partial charge in [0.15, 0.2) is 0 Å². The van der Waals surface area contributed by atoms with Crippen LogP contribution in [0.4, 0.5) is 0 Å². The summed E-state index contributed by atoms with van der Waals surface area (Å²) in [6, 6.07) is 0. The van der Waals surface area contributed by atoms with Crippen LogP contribution in [0.3, 0.4) is 0 Å². The van der Waals surface area contributed by atoms with Gasteiger partial charge in [-0.1, -0.05) is 84.3 Å². The van der Waals surface area contributed by atoms with Crippen LogP contribution in [0.25, 0.3) is 0 Å². The number of rotatable bonds is 13. The lowest BCUT2D eigenvalue weighted by Crippen LogP contribution is -1.70. The third-order valence-corrected chi connectivity index (χ3v) is 3.52. The SMILES string of the molecule is CCCCC/C=C/C/C=C/C/C=C/C/C=C\CCCBr. The van der Waals surface area contributed by atoms with Gasteiger partial charge in [0, 0.05) is 5.33 Å². The van der Waals surface area contributed by atoms with Gasteiger partial charge in [-0.25, -0.2) is 0 Å². The van der Waals surface area contributed by atoms with E-state index in [1.807, 2.05) is 0 Å². The Bertz CT molecular complexity index is 284. The van der Waals surface area contributed by atoms with Crippen molar-refractivity contribution in [1.29, 1.82) is 0 Å². The molecule has 0 aromatic rings. The zero-order chi connectivity index (χ0) is 14.7. The van der Waals surface area contributed by atoms with Crippen LogP contribution < -0.4 is 0 Å². The molecule has 20 heavy (non-hydrogen) atoms. The maximum absolute atomic E-state index is 3.43. The van der Waals surface area contributed by atoms with Crippen molar-refractivity contribution < 1.29 is 0 Å². The van der Waals surface area contributed by atoms with Crippen LogP contribution in [0.2, 0.25) is 0 Å². The van der Waals surface area contributed by atoms with Crippen molar-refractivity contribution in [2.45, 2.75) is 64.7 Å². The number of unbranched alkanes of at least 4 members (excludes halogenated alkanes) is 4. The van der Waals surface area contributed by atoms with Crippen molar-refractivity contribution in [2.24, 2.45) is 0 Å². The Morgan fingerprint density at radius 1 is 0.600 bits per heavy atom. The normalized spacial score (nSPS) is 12.7. The Hall–Kier alpha value is -0.560. The van der Waals surface area contributed by atoms with Crippen LogP contribution >= 0.6 is 15.9 Å².